The molecule has 0 unspecified atom stereocenters. The number of esters is 1. The van der Waals surface area contributed by atoms with Crippen molar-refractivity contribution < 1.29 is 23.8 Å². The first-order chi connectivity index (χ1) is 16.9. The molecule has 2 aromatic carbocycles. The fraction of sp³-hybridized carbons (Fsp3) is 0.500. The second-order valence-corrected chi connectivity index (χ2v) is 9.70. The molecule has 0 radical (unpaired) electrons. The van der Waals surface area contributed by atoms with Gasteiger partial charge in [0, 0.05) is 16.7 Å². The number of benzene rings is 2. The van der Waals surface area contributed by atoms with E-state index in [2.05, 4.69) is 19.6 Å². The van der Waals surface area contributed by atoms with Crippen molar-refractivity contribution in [3.63, 3.8) is 0 Å². The lowest BCUT2D eigenvalue weighted by Crippen LogP contribution is -2.13. The number of unbranched alkanes of at least 4 members (excludes halogenated alkanes) is 2. The summed E-state index contributed by atoms with van der Waals surface area (Å²) in [6.07, 6.45) is 9.99. The highest BCUT2D eigenvalue weighted by molar-refractivity contribution is 5.86. The second kappa shape index (κ2) is 13.4. The Bertz CT molecular complexity index is 992. The maximum Gasteiger partial charge on any atom is 0.333 e. The van der Waals surface area contributed by atoms with Gasteiger partial charge in [-0.1, -0.05) is 63.5 Å². The van der Waals surface area contributed by atoms with E-state index in [1.54, 1.807) is 31.2 Å². The fourth-order valence-electron chi connectivity index (χ4n) is 4.88. The Hall–Kier alpha value is -2.66. The highest BCUT2D eigenvalue weighted by Gasteiger charge is 2.23. The van der Waals surface area contributed by atoms with Crippen LogP contribution in [0.4, 0.5) is 4.39 Å². The summed E-state index contributed by atoms with van der Waals surface area (Å²) in [4.78, 5) is 11.5. The van der Waals surface area contributed by atoms with Crippen LogP contribution in [0.15, 0.2) is 48.6 Å². The third-order valence-electron chi connectivity index (χ3n) is 7.00. The van der Waals surface area contributed by atoms with Gasteiger partial charge in [-0.2, -0.15) is 0 Å². The maximum atomic E-state index is 15.2. The normalized spacial score (nSPS) is 17.7. The number of aliphatic hydroxyl groups excluding tert-OH is 1. The number of halogens is 1. The van der Waals surface area contributed by atoms with Crippen LogP contribution in [0.2, 0.25) is 0 Å². The smallest absolute Gasteiger partial charge is 0.333 e. The maximum absolute atomic E-state index is 15.2. The molecule has 1 aliphatic rings. The molecule has 190 valence electrons. The average Bonchev–Trinajstić information content (AvgIpc) is 2.87. The van der Waals surface area contributed by atoms with E-state index >= 15 is 4.39 Å². The average molecular weight is 483 g/mol. The highest BCUT2D eigenvalue weighted by atomic mass is 19.1. The molecular weight excluding hydrogens is 443 g/mol. The summed E-state index contributed by atoms with van der Waals surface area (Å²) in [7, 11) is 0. The second-order valence-electron chi connectivity index (χ2n) is 9.70. The van der Waals surface area contributed by atoms with Crippen LogP contribution in [0.5, 0.6) is 5.75 Å². The molecule has 0 atom stereocenters. The van der Waals surface area contributed by atoms with Gasteiger partial charge in [-0.25, -0.2) is 9.18 Å². The van der Waals surface area contributed by atoms with Crippen LogP contribution in [0, 0.1) is 11.7 Å². The van der Waals surface area contributed by atoms with Gasteiger partial charge < -0.3 is 14.6 Å². The van der Waals surface area contributed by atoms with Gasteiger partial charge in [0.25, 0.3) is 0 Å². The van der Waals surface area contributed by atoms with Gasteiger partial charge in [0.1, 0.15) is 24.8 Å². The lowest BCUT2D eigenvalue weighted by Gasteiger charge is -2.29. The summed E-state index contributed by atoms with van der Waals surface area (Å²) in [5.74, 6) is 0.983. The van der Waals surface area contributed by atoms with Gasteiger partial charge in [-0.05, 0) is 67.7 Å². The summed E-state index contributed by atoms with van der Waals surface area (Å²) >= 11 is 0. The summed E-state index contributed by atoms with van der Waals surface area (Å²) < 4.78 is 26.0. The van der Waals surface area contributed by atoms with E-state index in [0.717, 1.165) is 24.3 Å². The lowest BCUT2D eigenvalue weighted by atomic mass is 9.77. The molecule has 35 heavy (non-hydrogen) atoms. The zero-order valence-corrected chi connectivity index (χ0v) is 21.2. The van der Waals surface area contributed by atoms with E-state index < -0.39 is 5.97 Å². The number of carbonyl (C=O) groups is 1. The molecule has 0 bridgehead atoms. The Morgan fingerprint density at radius 3 is 2.51 bits per heavy atom. The van der Waals surface area contributed by atoms with Crippen molar-refractivity contribution in [2.45, 2.75) is 77.7 Å². The molecule has 0 amide bonds. The fourth-order valence-corrected chi connectivity index (χ4v) is 4.88. The molecule has 0 heterocycles. The Labute approximate surface area is 209 Å². The van der Waals surface area contributed by atoms with Gasteiger partial charge in [0.2, 0.25) is 0 Å². The number of hydrogen-bond acceptors (Lipinski definition) is 4. The largest absolute Gasteiger partial charge is 0.490 e. The van der Waals surface area contributed by atoms with Crippen LogP contribution < -0.4 is 4.74 Å². The zero-order valence-electron chi connectivity index (χ0n) is 21.2. The molecule has 0 aromatic heterocycles. The van der Waals surface area contributed by atoms with Gasteiger partial charge in [-0.3, -0.25) is 0 Å². The number of ether oxygens (including phenoxy) is 2. The topological polar surface area (TPSA) is 55.8 Å². The lowest BCUT2D eigenvalue weighted by molar-refractivity contribution is -0.139. The third kappa shape index (κ3) is 7.66. The van der Waals surface area contributed by atoms with Crippen molar-refractivity contribution >= 4 is 5.97 Å². The molecule has 0 saturated heterocycles. The molecular formula is C30H39FO4. The first kappa shape index (κ1) is 26.9. The minimum Gasteiger partial charge on any atom is -0.490 e. The zero-order chi connectivity index (χ0) is 25.2. The molecule has 1 N–H and O–H groups in total. The van der Waals surface area contributed by atoms with E-state index in [1.165, 1.54) is 38.5 Å². The quantitative estimate of drug-likeness (QED) is 0.195. The minimum absolute atomic E-state index is 0.0602. The van der Waals surface area contributed by atoms with Gasteiger partial charge in [0.15, 0.2) is 0 Å². The van der Waals surface area contributed by atoms with Crippen LogP contribution >= 0.6 is 0 Å². The Balaban J connectivity index is 1.64. The van der Waals surface area contributed by atoms with Crippen molar-refractivity contribution in [2.24, 2.45) is 5.92 Å². The van der Waals surface area contributed by atoms with E-state index in [9.17, 15) is 9.90 Å². The molecule has 3 rings (SSSR count). The van der Waals surface area contributed by atoms with E-state index in [-0.39, 0.29) is 25.6 Å². The minimum atomic E-state index is -0.475. The van der Waals surface area contributed by atoms with Gasteiger partial charge in [0.05, 0.1) is 6.61 Å². The molecule has 4 nitrogen and oxygen atoms in total. The summed E-state index contributed by atoms with van der Waals surface area (Å²) in [5, 5.41) is 9.66. The van der Waals surface area contributed by atoms with E-state index in [4.69, 9.17) is 9.47 Å². The van der Waals surface area contributed by atoms with Gasteiger partial charge in [-0.15, -0.1) is 0 Å². The molecule has 5 heteroatoms. The monoisotopic (exact) mass is 482 g/mol. The van der Waals surface area contributed by atoms with Crippen molar-refractivity contribution in [3.8, 4) is 16.9 Å². The van der Waals surface area contributed by atoms with Crippen LogP contribution in [0.3, 0.4) is 0 Å². The molecule has 0 spiro atoms. The molecule has 1 saturated carbocycles. The number of aliphatic hydroxyl groups is 1. The first-order valence-corrected chi connectivity index (χ1v) is 12.9. The van der Waals surface area contributed by atoms with Crippen molar-refractivity contribution in [1.82, 2.24) is 0 Å². The predicted octanol–water partition coefficient (Wildman–Crippen LogP) is 7.34. The molecule has 0 aliphatic heterocycles. The first-order valence-electron chi connectivity index (χ1n) is 12.9. The Morgan fingerprint density at radius 1 is 1.09 bits per heavy atom. The van der Waals surface area contributed by atoms with E-state index in [1.807, 2.05) is 6.07 Å². The summed E-state index contributed by atoms with van der Waals surface area (Å²) in [6, 6.07) is 10.8. The molecule has 2 aromatic rings. The summed E-state index contributed by atoms with van der Waals surface area (Å²) in [6.45, 7) is 7.34. The number of rotatable bonds is 12. The van der Waals surface area contributed by atoms with Crippen LogP contribution in [0.1, 0.15) is 82.3 Å². The number of hydrogen-bond donors (Lipinski definition) is 1. The number of carbonyl (C=O) groups excluding carboxylic acids is 1. The van der Waals surface area contributed by atoms with Crippen molar-refractivity contribution in [2.75, 3.05) is 13.2 Å². The third-order valence-corrected chi connectivity index (χ3v) is 7.00. The standard InChI is InChI=1S/C30H39FO4/c1-4-5-6-7-22-8-10-23(11-9-22)24-14-15-27(28(31)18-24)25-12-13-26(20-32)29(19-25)34-16-17-35-30(33)21(2)3/h12-15,18-19,22-23,32H,2,4-11,16-17,20H2,1,3H3. The highest BCUT2D eigenvalue weighted by Crippen LogP contribution is 2.39. The van der Waals surface area contributed by atoms with E-state index in [0.29, 0.717) is 33.9 Å². The predicted molar refractivity (Wildman–Crippen MR) is 138 cm³/mol. The Morgan fingerprint density at radius 2 is 1.86 bits per heavy atom. The van der Waals surface area contributed by atoms with Gasteiger partial charge >= 0.3 is 5.97 Å². The molecule has 1 fully saturated rings. The SMILES string of the molecule is C=C(C)C(=O)OCCOc1cc(-c2ccc(C3CCC(CCCCC)CC3)cc2F)ccc1CO. The van der Waals surface area contributed by atoms with Crippen molar-refractivity contribution in [3.05, 3.63) is 65.5 Å². The van der Waals surface area contributed by atoms with Crippen LogP contribution in [-0.4, -0.2) is 24.3 Å². The van der Waals surface area contributed by atoms with Crippen LogP contribution in [-0.2, 0) is 16.1 Å². The van der Waals surface area contributed by atoms with Crippen LogP contribution in [0.25, 0.3) is 11.1 Å². The molecule has 1 aliphatic carbocycles. The Kier molecular flexibility index (Phi) is 10.3. The van der Waals surface area contributed by atoms with Crippen molar-refractivity contribution in [1.29, 1.82) is 0 Å². The summed E-state index contributed by atoms with van der Waals surface area (Å²) in [5.41, 5.74) is 3.18.